The predicted molar refractivity (Wildman–Crippen MR) is 93.8 cm³/mol. The third kappa shape index (κ3) is 4.37. The van der Waals surface area contributed by atoms with Crippen molar-refractivity contribution in [1.82, 2.24) is 5.32 Å². The summed E-state index contributed by atoms with van der Waals surface area (Å²) in [4.78, 5) is 0. The van der Waals surface area contributed by atoms with Crippen LogP contribution in [0.3, 0.4) is 0 Å². The summed E-state index contributed by atoms with van der Waals surface area (Å²) in [6, 6.07) is 8.27. The van der Waals surface area contributed by atoms with Crippen LogP contribution in [0.1, 0.15) is 18.1 Å². The summed E-state index contributed by atoms with van der Waals surface area (Å²) in [5.41, 5.74) is 1.24. The van der Waals surface area contributed by atoms with Crippen LogP contribution in [-0.4, -0.2) is 13.7 Å². The van der Waals surface area contributed by atoms with E-state index in [0.29, 0.717) is 28.6 Å². The normalized spacial score (nSPS) is 10.7. The first-order chi connectivity index (χ1) is 11.1. The van der Waals surface area contributed by atoms with Crippen LogP contribution >= 0.6 is 27.5 Å². The van der Waals surface area contributed by atoms with E-state index in [1.165, 1.54) is 6.07 Å². The number of hydrogen-bond acceptors (Lipinski definition) is 3. The Balaban J connectivity index is 2.32. The van der Waals surface area contributed by atoms with Gasteiger partial charge in [0.05, 0.1) is 12.1 Å². The molecule has 2 aromatic rings. The fraction of sp³-hybridized carbons (Fsp3) is 0.294. The van der Waals surface area contributed by atoms with E-state index >= 15 is 0 Å². The van der Waals surface area contributed by atoms with E-state index in [1.807, 2.05) is 13.0 Å². The number of rotatable bonds is 7. The van der Waals surface area contributed by atoms with Gasteiger partial charge in [0, 0.05) is 22.1 Å². The highest BCUT2D eigenvalue weighted by Gasteiger charge is 2.16. The van der Waals surface area contributed by atoms with Crippen molar-refractivity contribution in [3.05, 3.63) is 56.8 Å². The van der Waals surface area contributed by atoms with Crippen LogP contribution in [0.4, 0.5) is 4.39 Å². The molecule has 0 radical (unpaired) electrons. The average molecular weight is 403 g/mol. The molecule has 23 heavy (non-hydrogen) atoms. The van der Waals surface area contributed by atoms with Gasteiger partial charge in [0.15, 0.2) is 11.5 Å². The minimum atomic E-state index is -0.389. The molecule has 0 saturated carbocycles. The first-order valence-corrected chi connectivity index (χ1v) is 8.37. The molecule has 0 amide bonds. The van der Waals surface area contributed by atoms with Gasteiger partial charge < -0.3 is 14.8 Å². The van der Waals surface area contributed by atoms with Gasteiger partial charge in [-0.15, -0.1) is 0 Å². The Hall–Kier alpha value is -1.30. The predicted octanol–water partition coefficient (Wildman–Crippen LogP) is 4.94. The SMILES string of the molecule is CCNCc1c(Br)ccc(OC)c1OCc1c(F)cccc1Cl. The molecule has 1 N–H and O–H groups in total. The molecule has 0 spiro atoms. The Labute approximate surface area is 148 Å². The maximum atomic E-state index is 13.9. The zero-order chi connectivity index (χ0) is 16.8. The van der Waals surface area contributed by atoms with Gasteiger partial charge in [-0.25, -0.2) is 4.39 Å². The second kappa shape index (κ2) is 8.52. The lowest BCUT2D eigenvalue weighted by Crippen LogP contribution is -2.14. The molecule has 0 saturated heterocycles. The summed E-state index contributed by atoms with van der Waals surface area (Å²) in [6.07, 6.45) is 0. The smallest absolute Gasteiger partial charge is 0.167 e. The van der Waals surface area contributed by atoms with E-state index in [4.69, 9.17) is 21.1 Å². The Morgan fingerprint density at radius 2 is 2.00 bits per heavy atom. The van der Waals surface area contributed by atoms with Crippen molar-refractivity contribution < 1.29 is 13.9 Å². The van der Waals surface area contributed by atoms with E-state index in [0.717, 1.165) is 16.6 Å². The minimum absolute atomic E-state index is 0.0252. The summed E-state index contributed by atoms with van der Waals surface area (Å²) < 4.78 is 26.0. The molecule has 0 bridgehead atoms. The highest BCUT2D eigenvalue weighted by Crippen LogP contribution is 2.37. The number of hydrogen-bond donors (Lipinski definition) is 1. The van der Waals surface area contributed by atoms with Gasteiger partial charge in [0.1, 0.15) is 12.4 Å². The third-order valence-corrected chi connectivity index (χ3v) is 4.46. The molecule has 3 nitrogen and oxygen atoms in total. The maximum absolute atomic E-state index is 13.9. The minimum Gasteiger partial charge on any atom is -0.493 e. The molecule has 0 fully saturated rings. The summed E-state index contributed by atoms with van der Waals surface area (Å²) in [5, 5.41) is 3.59. The largest absolute Gasteiger partial charge is 0.493 e. The van der Waals surface area contributed by atoms with Crippen molar-refractivity contribution in [2.75, 3.05) is 13.7 Å². The van der Waals surface area contributed by atoms with Gasteiger partial charge in [-0.05, 0) is 30.8 Å². The summed E-state index contributed by atoms with van der Waals surface area (Å²) in [7, 11) is 1.57. The first-order valence-electron chi connectivity index (χ1n) is 7.20. The lowest BCUT2D eigenvalue weighted by atomic mass is 10.1. The van der Waals surface area contributed by atoms with E-state index < -0.39 is 0 Å². The molecule has 0 aliphatic carbocycles. The topological polar surface area (TPSA) is 30.5 Å². The first kappa shape index (κ1) is 18.0. The second-order valence-corrected chi connectivity index (χ2v) is 6.09. The molecular formula is C17H18BrClFNO2. The molecule has 0 heterocycles. The molecular weight excluding hydrogens is 385 g/mol. The molecule has 2 rings (SSSR count). The lowest BCUT2D eigenvalue weighted by molar-refractivity contribution is 0.276. The Kier molecular flexibility index (Phi) is 6.69. The van der Waals surface area contributed by atoms with Gasteiger partial charge in [0.25, 0.3) is 0 Å². The van der Waals surface area contributed by atoms with E-state index in [2.05, 4.69) is 21.2 Å². The second-order valence-electron chi connectivity index (χ2n) is 4.83. The highest BCUT2D eigenvalue weighted by atomic mass is 79.9. The van der Waals surface area contributed by atoms with Gasteiger partial charge in [-0.3, -0.25) is 0 Å². The van der Waals surface area contributed by atoms with Crippen LogP contribution < -0.4 is 14.8 Å². The maximum Gasteiger partial charge on any atom is 0.167 e. The molecule has 6 heteroatoms. The van der Waals surface area contributed by atoms with Crippen molar-refractivity contribution >= 4 is 27.5 Å². The van der Waals surface area contributed by atoms with Crippen molar-refractivity contribution in [3.63, 3.8) is 0 Å². The van der Waals surface area contributed by atoms with Crippen molar-refractivity contribution in [1.29, 1.82) is 0 Å². The Bertz CT molecular complexity index is 662. The van der Waals surface area contributed by atoms with Crippen LogP contribution in [-0.2, 0) is 13.2 Å². The highest BCUT2D eigenvalue weighted by molar-refractivity contribution is 9.10. The Morgan fingerprint density at radius 3 is 2.65 bits per heavy atom. The molecule has 0 aliphatic heterocycles. The van der Waals surface area contributed by atoms with Crippen molar-refractivity contribution in [3.8, 4) is 11.5 Å². The standard InChI is InChI=1S/C17H18BrClFNO2/c1-3-21-9-11-13(18)7-8-16(22-2)17(11)23-10-12-14(19)5-4-6-15(12)20/h4-8,21H,3,9-10H2,1-2H3. The zero-order valence-corrected chi connectivity index (χ0v) is 15.3. The zero-order valence-electron chi connectivity index (χ0n) is 13.0. The number of ether oxygens (including phenoxy) is 2. The van der Waals surface area contributed by atoms with Gasteiger partial charge in [0.2, 0.25) is 0 Å². The van der Waals surface area contributed by atoms with Crippen LogP contribution in [0, 0.1) is 5.82 Å². The molecule has 0 aliphatic rings. The van der Waals surface area contributed by atoms with Crippen molar-refractivity contribution in [2.45, 2.75) is 20.1 Å². The van der Waals surface area contributed by atoms with E-state index in [9.17, 15) is 4.39 Å². The summed E-state index contributed by atoms with van der Waals surface area (Å²) in [6.45, 7) is 3.47. The third-order valence-electron chi connectivity index (χ3n) is 3.36. The molecule has 124 valence electrons. The lowest BCUT2D eigenvalue weighted by Gasteiger charge is -2.17. The molecule has 2 aromatic carbocycles. The van der Waals surface area contributed by atoms with Crippen LogP contribution in [0.15, 0.2) is 34.8 Å². The molecule has 0 aromatic heterocycles. The van der Waals surface area contributed by atoms with Gasteiger partial charge >= 0.3 is 0 Å². The van der Waals surface area contributed by atoms with Gasteiger partial charge in [-0.2, -0.15) is 0 Å². The van der Waals surface area contributed by atoms with E-state index in [1.54, 1.807) is 25.3 Å². The molecule has 0 atom stereocenters. The summed E-state index contributed by atoms with van der Waals surface area (Å²) in [5.74, 6) is 0.774. The fourth-order valence-electron chi connectivity index (χ4n) is 2.13. The van der Waals surface area contributed by atoms with Crippen LogP contribution in [0.2, 0.25) is 5.02 Å². The number of benzene rings is 2. The number of methoxy groups -OCH3 is 1. The fourth-order valence-corrected chi connectivity index (χ4v) is 2.80. The quantitative estimate of drug-likeness (QED) is 0.711. The van der Waals surface area contributed by atoms with Crippen LogP contribution in [0.5, 0.6) is 11.5 Å². The average Bonchev–Trinajstić information content (AvgIpc) is 2.53. The van der Waals surface area contributed by atoms with Crippen molar-refractivity contribution in [2.24, 2.45) is 0 Å². The number of halogens is 3. The van der Waals surface area contributed by atoms with Gasteiger partial charge in [-0.1, -0.05) is 40.5 Å². The Morgan fingerprint density at radius 1 is 1.22 bits per heavy atom. The molecule has 0 unspecified atom stereocenters. The van der Waals surface area contributed by atoms with E-state index in [-0.39, 0.29) is 12.4 Å². The van der Waals surface area contributed by atoms with Crippen LogP contribution in [0.25, 0.3) is 0 Å². The monoisotopic (exact) mass is 401 g/mol. The number of nitrogens with one attached hydrogen (secondary N) is 1. The summed E-state index contributed by atoms with van der Waals surface area (Å²) >= 11 is 9.57.